The van der Waals surface area contributed by atoms with Crippen LogP contribution in [-0.4, -0.2) is 21.2 Å². The zero-order chi connectivity index (χ0) is 18.4. The first-order valence-corrected chi connectivity index (χ1v) is 16.9. The van der Waals surface area contributed by atoms with Crippen LogP contribution in [0.25, 0.3) is 0 Å². The summed E-state index contributed by atoms with van der Waals surface area (Å²) in [5.74, 6) is 3.53. The number of hydrogen-bond acceptors (Lipinski definition) is 0. The normalized spacial score (nSPS) is 10.7. The third kappa shape index (κ3) is 3.74. The summed E-state index contributed by atoms with van der Waals surface area (Å²) in [6.07, 6.45) is 0. The molecule has 4 rings (SSSR count). The van der Waals surface area contributed by atoms with E-state index >= 15 is 0 Å². The van der Waals surface area contributed by atoms with Gasteiger partial charge in [0.15, 0.2) is 0 Å². The van der Waals surface area contributed by atoms with Crippen LogP contribution in [0.3, 0.4) is 0 Å². The minimum absolute atomic E-state index is 1.07. The van der Waals surface area contributed by atoms with E-state index in [0.29, 0.717) is 0 Å². The molecule has 0 unspecified atom stereocenters. The molecule has 4 aromatic rings. The first kappa shape index (κ1) is 17.8. The van der Waals surface area contributed by atoms with Crippen LogP contribution >= 0.6 is 0 Å². The van der Waals surface area contributed by atoms with E-state index < -0.39 is 21.2 Å². The Hall–Kier alpha value is -2.64. The van der Waals surface area contributed by atoms with E-state index in [0.717, 1.165) is 5.56 Å². The van der Waals surface area contributed by atoms with Crippen LogP contribution in [0.5, 0.6) is 0 Å². The van der Waals surface area contributed by atoms with Crippen molar-refractivity contribution in [2.45, 2.75) is 0 Å². The van der Waals surface area contributed by atoms with Gasteiger partial charge >= 0.3 is 167 Å². The average molecular weight is 540 g/mol. The summed E-state index contributed by atoms with van der Waals surface area (Å²) in [7, 11) is 0. The Morgan fingerprint density at radius 1 is 0.407 bits per heavy atom. The molecule has 4 aromatic carbocycles. The third-order valence-electron chi connectivity index (χ3n) is 4.79. The molecule has 1 heteroatoms. The van der Waals surface area contributed by atoms with Gasteiger partial charge in [0.1, 0.15) is 0 Å². The fourth-order valence-corrected chi connectivity index (χ4v) is 18.4. The maximum absolute atomic E-state index is 3.87. The van der Waals surface area contributed by atoms with Crippen LogP contribution in [0, 0.1) is 9.40 Å². The molecule has 0 fully saturated rings. The fourth-order valence-electron chi connectivity index (χ4n) is 3.47. The molecular weight excluding hydrogens is 519 g/mol. The Labute approximate surface area is 166 Å². The molecule has 27 heavy (non-hydrogen) atoms. The SMILES string of the molecule is C(#[C][Pb]([c]1ccccc1)([c]1ccccc1)[c]1ccccc1)c1ccccc1. The predicted octanol–water partition coefficient (Wildman–Crippen LogP) is 3.75. The molecule has 0 nitrogen and oxygen atoms in total. The first-order chi connectivity index (χ1) is 13.4. The van der Waals surface area contributed by atoms with Gasteiger partial charge in [-0.15, -0.1) is 0 Å². The van der Waals surface area contributed by atoms with Crippen LogP contribution in [0.4, 0.5) is 0 Å². The van der Waals surface area contributed by atoms with Gasteiger partial charge in [0, 0.05) is 0 Å². The Morgan fingerprint density at radius 2 is 0.741 bits per heavy atom. The summed E-state index contributed by atoms with van der Waals surface area (Å²) in [5.41, 5.74) is 1.07. The molecule has 0 atom stereocenters. The Bertz CT molecular complexity index is 947. The van der Waals surface area contributed by atoms with E-state index in [1.54, 1.807) is 0 Å². The van der Waals surface area contributed by atoms with Gasteiger partial charge in [0.25, 0.3) is 0 Å². The Morgan fingerprint density at radius 3 is 1.11 bits per heavy atom. The van der Waals surface area contributed by atoms with Crippen molar-refractivity contribution >= 4 is 30.5 Å². The predicted molar refractivity (Wildman–Crippen MR) is 117 cm³/mol. The molecule has 0 saturated heterocycles. The van der Waals surface area contributed by atoms with Crippen molar-refractivity contribution in [1.82, 2.24) is 0 Å². The van der Waals surface area contributed by atoms with Gasteiger partial charge in [-0.2, -0.15) is 0 Å². The minimum atomic E-state index is -3.63. The molecule has 0 heterocycles. The molecule has 0 saturated carbocycles. The second-order valence-corrected chi connectivity index (χ2v) is 20.0. The Balaban J connectivity index is 2.03. The van der Waals surface area contributed by atoms with Gasteiger partial charge in [0.05, 0.1) is 0 Å². The van der Waals surface area contributed by atoms with E-state index in [1.807, 2.05) is 6.07 Å². The summed E-state index contributed by atoms with van der Waals surface area (Å²) >= 11 is -3.63. The molecular formula is C26H20Pb. The van der Waals surface area contributed by atoms with Gasteiger partial charge in [0.2, 0.25) is 0 Å². The van der Waals surface area contributed by atoms with Crippen LogP contribution < -0.4 is 9.37 Å². The van der Waals surface area contributed by atoms with E-state index in [1.165, 1.54) is 9.37 Å². The molecule has 0 aliphatic carbocycles. The quantitative estimate of drug-likeness (QED) is 0.275. The van der Waals surface area contributed by atoms with Crippen LogP contribution in [0.15, 0.2) is 121 Å². The van der Waals surface area contributed by atoms with Crippen LogP contribution in [0.2, 0.25) is 0 Å². The fraction of sp³-hybridized carbons (Fsp3) is 0. The van der Waals surface area contributed by atoms with Crippen LogP contribution in [0.1, 0.15) is 5.56 Å². The van der Waals surface area contributed by atoms with Gasteiger partial charge in [-0.1, -0.05) is 0 Å². The van der Waals surface area contributed by atoms with Gasteiger partial charge in [-0.3, -0.25) is 0 Å². The number of benzene rings is 4. The van der Waals surface area contributed by atoms with E-state index in [2.05, 4.69) is 125 Å². The molecule has 0 spiro atoms. The molecule has 0 N–H and O–H groups in total. The first-order valence-electron chi connectivity index (χ1n) is 9.14. The molecule has 0 aromatic heterocycles. The van der Waals surface area contributed by atoms with Crippen molar-refractivity contribution in [2.75, 3.05) is 0 Å². The summed E-state index contributed by atoms with van der Waals surface area (Å²) in [5, 5.41) is 0. The zero-order valence-corrected chi connectivity index (χ0v) is 18.9. The molecule has 128 valence electrons. The summed E-state index contributed by atoms with van der Waals surface area (Å²) in [6, 6.07) is 43.0. The molecule has 0 amide bonds. The van der Waals surface area contributed by atoms with Gasteiger partial charge in [-0.05, 0) is 0 Å². The van der Waals surface area contributed by atoms with Crippen molar-refractivity contribution in [1.29, 1.82) is 0 Å². The van der Waals surface area contributed by atoms with Crippen LogP contribution in [-0.2, 0) is 0 Å². The second-order valence-electron chi connectivity index (χ2n) is 6.46. The maximum atomic E-state index is 3.87. The van der Waals surface area contributed by atoms with Gasteiger partial charge < -0.3 is 0 Å². The topological polar surface area (TPSA) is 0 Å². The van der Waals surface area contributed by atoms with E-state index in [4.69, 9.17) is 0 Å². The van der Waals surface area contributed by atoms with Crippen molar-refractivity contribution in [3.8, 4) is 9.40 Å². The van der Waals surface area contributed by atoms with E-state index in [9.17, 15) is 0 Å². The Kier molecular flexibility index (Phi) is 5.50. The zero-order valence-electron chi connectivity index (χ0n) is 15.0. The molecule has 0 radical (unpaired) electrons. The second kappa shape index (κ2) is 8.37. The summed E-state index contributed by atoms with van der Waals surface area (Å²) in [6.45, 7) is 0. The van der Waals surface area contributed by atoms with Gasteiger partial charge in [-0.25, -0.2) is 0 Å². The molecule has 0 aliphatic rings. The van der Waals surface area contributed by atoms with Crippen molar-refractivity contribution in [2.24, 2.45) is 0 Å². The number of hydrogen-bond donors (Lipinski definition) is 0. The summed E-state index contributed by atoms with van der Waals surface area (Å²) in [4.78, 5) is 0. The van der Waals surface area contributed by atoms with Crippen molar-refractivity contribution < 1.29 is 0 Å². The summed E-state index contributed by atoms with van der Waals surface area (Å²) < 4.78 is 8.05. The average Bonchev–Trinajstić information content (AvgIpc) is 2.77. The monoisotopic (exact) mass is 540 g/mol. The molecule has 0 bridgehead atoms. The number of rotatable bonds is 3. The van der Waals surface area contributed by atoms with Crippen molar-refractivity contribution in [3.05, 3.63) is 127 Å². The third-order valence-corrected chi connectivity index (χ3v) is 20.7. The van der Waals surface area contributed by atoms with Crippen molar-refractivity contribution in [3.63, 3.8) is 0 Å². The standard InChI is InChI=1S/C8H5.3C6H5.Pb/c1-2-8-6-4-3-5-7-8;3*1-2-4-6-5-3-1;/h3-7H;3*1-5H;. The molecule has 0 aliphatic heterocycles. The van der Waals surface area contributed by atoms with E-state index in [-0.39, 0.29) is 0 Å².